The van der Waals surface area contributed by atoms with Gasteiger partial charge in [0.05, 0.1) is 7.11 Å². The van der Waals surface area contributed by atoms with Gasteiger partial charge < -0.3 is 14.9 Å². The Balaban J connectivity index is -0.0000000806. The molecule has 0 amide bonds. The molecule has 6 heteroatoms. The Hall–Kier alpha value is -0.408. The lowest BCUT2D eigenvalue weighted by Crippen LogP contribution is -2.05. The third kappa shape index (κ3) is 92.1. The number of aliphatic hydroxyl groups is 2. The van der Waals surface area contributed by atoms with Crippen molar-refractivity contribution in [3.05, 3.63) is 0 Å². The quantitative estimate of drug-likeness (QED) is 0.408. The number of hydrogen-bond donors (Lipinski definition) is 2. The second kappa shape index (κ2) is 18.0. The molecule has 104 valence electrons. The maximum atomic E-state index is 10.2. The Morgan fingerprint density at radius 2 is 1.29 bits per heavy atom. The average Bonchev–Trinajstić information content (AvgIpc) is 2.00. The number of methoxy groups -OCH3 is 1. The van der Waals surface area contributed by atoms with Crippen LogP contribution in [-0.4, -0.2) is 58.6 Å². The van der Waals surface area contributed by atoms with E-state index >= 15 is 0 Å². The molecule has 0 aromatic rings. The smallest absolute Gasteiger partial charge is 0.313 e. The van der Waals surface area contributed by atoms with E-state index in [0.29, 0.717) is 0 Å². The maximum Gasteiger partial charge on any atom is 0.313 e. The van der Waals surface area contributed by atoms with Gasteiger partial charge in [0.1, 0.15) is 12.2 Å². The van der Waals surface area contributed by atoms with Gasteiger partial charge in [0, 0.05) is 12.2 Å². The summed E-state index contributed by atoms with van der Waals surface area (Å²) >= 11 is 0. The zero-order chi connectivity index (χ0) is 13.7. The van der Waals surface area contributed by atoms with Crippen LogP contribution in [0.15, 0.2) is 0 Å². The van der Waals surface area contributed by atoms with Crippen LogP contribution in [0.2, 0.25) is 0 Å². The van der Waals surface area contributed by atoms with E-state index in [0.717, 1.165) is 0 Å². The van der Waals surface area contributed by atoms with Gasteiger partial charge in [-0.05, 0) is 34.6 Å². The van der Waals surface area contributed by atoms with Gasteiger partial charge in [0.2, 0.25) is 0 Å². The Morgan fingerprint density at radius 3 is 1.35 bits per heavy atom. The van der Waals surface area contributed by atoms with Crippen molar-refractivity contribution in [1.29, 1.82) is 0 Å². The molecular formula is C11H27AlO5. The number of aliphatic hydroxyl groups excluding tert-OH is 2. The van der Waals surface area contributed by atoms with Crippen LogP contribution in [0.25, 0.3) is 0 Å². The topological polar surface area (TPSA) is 83.8 Å². The first-order valence-corrected chi connectivity index (χ1v) is 5.05. The van der Waals surface area contributed by atoms with Crippen LogP contribution in [-0.2, 0) is 14.3 Å². The molecule has 17 heavy (non-hydrogen) atoms. The molecule has 0 rings (SSSR count). The summed E-state index contributed by atoms with van der Waals surface area (Å²) in [6, 6.07) is 0. The molecule has 0 aliphatic rings. The Labute approximate surface area is 114 Å². The van der Waals surface area contributed by atoms with Crippen LogP contribution < -0.4 is 0 Å². The van der Waals surface area contributed by atoms with Gasteiger partial charge in [0.25, 0.3) is 0 Å². The van der Waals surface area contributed by atoms with Crippen molar-refractivity contribution < 1.29 is 24.5 Å². The lowest BCUT2D eigenvalue weighted by molar-refractivity contribution is -0.142. The zero-order valence-corrected chi connectivity index (χ0v) is 11.0. The summed E-state index contributed by atoms with van der Waals surface area (Å²) in [6.07, 6.45) is -0.448. The molecule has 0 saturated heterocycles. The van der Waals surface area contributed by atoms with Gasteiger partial charge in [-0.25, -0.2) is 0 Å². The fourth-order valence-corrected chi connectivity index (χ4v) is 0.275. The Morgan fingerprint density at radius 1 is 1.06 bits per heavy atom. The van der Waals surface area contributed by atoms with E-state index in [9.17, 15) is 9.59 Å². The predicted molar refractivity (Wildman–Crippen MR) is 72.0 cm³/mol. The number of esters is 1. The minimum atomic E-state index is -0.475. The Bertz CT molecular complexity index is 169. The number of Topliss-reactive ketones (excluding diaryl/α,β-unsaturated/α-hetero) is 1. The standard InChI is InChI=1S/C5H8O3.2C3H8O.Al.3H/c1-4(6)3-5(7)8-2;2*1-3(2)4;;;;/h3H2,1-2H3;2*3-4H,1-2H3;;;;. The highest BCUT2D eigenvalue weighted by Gasteiger charge is 2.01. The summed E-state index contributed by atoms with van der Waals surface area (Å²) in [6.45, 7) is 8.23. The van der Waals surface area contributed by atoms with Crippen molar-refractivity contribution in [2.45, 2.75) is 53.2 Å². The summed E-state index contributed by atoms with van der Waals surface area (Å²) in [4.78, 5) is 20.3. The highest BCUT2D eigenvalue weighted by atomic mass is 27.0. The lowest BCUT2D eigenvalue weighted by Gasteiger charge is -1.90. The van der Waals surface area contributed by atoms with Gasteiger partial charge in [-0.15, -0.1) is 0 Å². The highest BCUT2D eigenvalue weighted by Crippen LogP contribution is 1.83. The van der Waals surface area contributed by atoms with Crippen LogP contribution in [0.4, 0.5) is 0 Å². The van der Waals surface area contributed by atoms with Gasteiger partial charge in [0.15, 0.2) is 17.4 Å². The normalized spacial score (nSPS) is 8.12. The molecule has 0 spiro atoms. The first-order chi connectivity index (χ1) is 7.13. The summed E-state index contributed by atoms with van der Waals surface area (Å²) in [7, 11) is 1.26. The molecule has 5 nitrogen and oxygen atoms in total. The van der Waals surface area contributed by atoms with Crippen LogP contribution >= 0.6 is 0 Å². The first kappa shape index (κ1) is 25.4. The van der Waals surface area contributed by atoms with Crippen molar-refractivity contribution in [2.75, 3.05) is 7.11 Å². The molecule has 0 aliphatic heterocycles. The molecule has 0 atom stereocenters. The van der Waals surface area contributed by atoms with Crippen molar-refractivity contribution in [1.82, 2.24) is 0 Å². The second-order valence-corrected chi connectivity index (χ2v) is 3.64. The van der Waals surface area contributed by atoms with Crippen LogP contribution in [0.3, 0.4) is 0 Å². The van der Waals surface area contributed by atoms with Crippen molar-refractivity contribution >= 4 is 29.1 Å². The first-order valence-electron chi connectivity index (χ1n) is 5.05. The molecule has 0 aliphatic carbocycles. The monoisotopic (exact) mass is 266 g/mol. The predicted octanol–water partition coefficient (Wildman–Crippen LogP) is -0.271. The maximum absolute atomic E-state index is 10.2. The van der Waals surface area contributed by atoms with E-state index in [1.165, 1.54) is 14.0 Å². The molecule has 0 unspecified atom stereocenters. The van der Waals surface area contributed by atoms with E-state index in [1.807, 2.05) is 0 Å². The van der Waals surface area contributed by atoms with Crippen LogP contribution in [0.1, 0.15) is 41.0 Å². The largest absolute Gasteiger partial charge is 0.469 e. The molecule has 0 saturated carbocycles. The summed E-state index contributed by atoms with van der Waals surface area (Å²) in [5, 5.41) is 16.1. The number of ketones is 1. The van der Waals surface area contributed by atoms with Gasteiger partial charge in [-0.1, -0.05) is 0 Å². The van der Waals surface area contributed by atoms with Gasteiger partial charge in [-0.2, -0.15) is 0 Å². The third-order valence-corrected chi connectivity index (χ3v) is 0.621. The minimum Gasteiger partial charge on any atom is -0.469 e. The van der Waals surface area contributed by atoms with Crippen molar-refractivity contribution in [3.8, 4) is 0 Å². The summed E-state index contributed by atoms with van der Waals surface area (Å²) in [5.74, 6) is -0.644. The van der Waals surface area contributed by atoms with E-state index in [4.69, 9.17) is 10.2 Å². The molecule has 0 heterocycles. The molecule has 0 aromatic carbocycles. The second-order valence-electron chi connectivity index (χ2n) is 3.64. The van der Waals surface area contributed by atoms with Crippen molar-refractivity contribution in [2.24, 2.45) is 0 Å². The molecule has 0 fully saturated rings. The van der Waals surface area contributed by atoms with E-state index in [1.54, 1.807) is 27.7 Å². The van der Waals surface area contributed by atoms with E-state index in [2.05, 4.69) is 4.74 Å². The molecule has 2 N–H and O–H groups in total. The lowest BCUT2D eigenvalue weighted by atomic mass is 10.3. The molecule has 0 bridgehead atoms. The van der Waals surface area contributed by atoms with Gasteiger partial charge >= 0.3 is 5.97 Å². The minimum absolute atomic E-state index is 0. The number of ether oxygens (including phenoxy) is 1. The number of carbonyl (C=O) groups excluding carboxylic acids is 2. The van der Waals surface area contributed by atoms with E-state index in [-0.39, 0.29) is 41.8 Å². The van der Waals surface area contributed by atoms with E-state index < -0.39 is 5.97 Å². The summed E-state index contributed by atoms with van der Waals surface area (Å²) < 4.78 is 4.20. The SMILES string of the molecule is CC(C)O.CC(C)O.COC(=O)CC(C)=O.[AlH3]. The third-order valence-electron chi connectivity index (χ3n) is 0.621. The number of hydrogen-bond acceptors (Lipinski definition) is 5. The fraction of sp³-hybridized carbons (Fsp3) is 0.818. The van der Waals surface area contributed by atoms with Crippen LogP contribution in [0.5, 0.6) is 0 Å². The van der Waals surface area contributed by atoms with Gasteiger partial charge in [-0.3, -0.25) is 9.59 Å². The molecular weight excluding hydrogens is 239 g/mol. The zero-order valence-electron chi connectivity index (χ0n) is 11.0. The van der Waals surface area contributed by atoms with Crippen molar-refractivity contribution in [3.63, 3.8) is 0 Å². The Kier molecular flexibility index (Phi) is 26.9. The fourth-order valence-electron chi connectivity index (χ4n) is 0.275. The number of rotatable bonds is 2. The molecule has 0 radical (unpaired) electrons. The van der Waals surface area contributed by atoms with Crippen LogP contribution in [0, 0.1) is 0 Å². The molecule has 0 aromatic heterocycles. The summed E-state index contributed by atoms with van der Waals surface area (Å²) in [5.41, 5.74) is 0. The average molecular weight is 266 g/mol. The number of carbonyl (C=O) groups is 2. The highest BCUT2D eigenvalue weighted by molar-refractivity contribution is 5.93.